The highest BCUT2D eigenvalue weighted by Gasteiger charge is 2.44. The summed E-state index contributed by atoms with van der Waals surface area (Å²) in [7, 11) is 0. The molecule has 2 aliphatic heterocycles. The first-order valence-corrected chi connectivity index (χ1v) is 9.37. The predicted molar refractivity (Wildman–Crippen MR) is 90.3 cm³/mol. The van der Waals surface area contributed by atoms with Gasteiger partial charge in [-0.2, -0.15) is 0 Å². The Morgan fingerprint density at radius 1 is 1.42 bits per heavy atom. The zero-order valence-electron chi connectivity index (χ0n) is 14.9. The molecule has 0 aromatic carbocycles. The summed E-state index contributed by atoms with van der Waals surface area (Å²) in [4.78, 5) is 26.3. The first-order valence-electron chi connectivity index (χ1n) is 9.37. The predicted octanol–water partition coefficient (Wildman–Crippen LogP) is -0.416. The molecule has 1 aromatic rings. The zero-order valence-corrected chi connectivity index (χ0v) is 14.9. The van der Waals surface area contributed by atoms with Gasteiger partial charge in [0.2, 0.25) is 23.6 Å². The molecular formula is C17H25N5O4. The fraction of sp³-hybridized carbons (Fsp3) is 0.765. The summed E-state index contributed by atoms with van der Waals surface area (Å²) in [6.45, 7) is 3.61. The van der Waals surface area contributed by atoms with E-state index in [1.54, 1.807) is 0 Å². The van der Waals surface area contributed by atoms with Crippen molar-refractivity contribution in [2.75, 3.05) is 26.3 Å². The molecule has 142 valence electrons. The Labute approximate surface area is 151 Å². The van der Waals surface area contributed by atoms with Crippen LogP contribution in [-0.4, -0.2) is 71.3 Å². The van der Waals surface area contributed by atoms with Crippen LogP contribution in [0.1, 0.15) is 43.9 Å². The largest absolute Gasteiger partial charge is 0.425 e. The van der Waals surface area contributed by atoms with Gasteiger partial charge in [-0.3, -0.25) is 14.5 Å². The molecule has 4 rings (SSSR count). The van der Waals surface area contributed by atoms with E-state index < -0.39 is 0 Å². The molecule has 1 saturated carbocycles. The summed E-state index contributed by atoms with van der Waals surface area (Å²) >= 11 is 0. The molecule has 1 aromatic heterocycles. The Kier molecular flexibility index (Phi) is 4.90. The van der Waals surface area contributed by atoms with E-state index in [4.69, 9.17) is 9.15 Å². The molecule has 1 aliphatic carbocycles. The molecule has 0 spiro atoms. The van der Waals surface area contributed by atoms with Gasteiger partial charge in [-0.1, -0.05) is 0 Å². The van der Waals surface area contributed by atoms with E-state index >= 15 is 0 Å². The van der Waals surface area contributed by atoms with Gasteiger partial charge in [0.25, 0.3) is 0 Å². The lowest BCUT2D eigenvalue weighted by Gasteiger charge is -2.36. The number of nitrogens with one attached hydrogen (secondary N) is 2. The lowest BCUT2D eigenvalue weighted by molar-refractivity contribution is -0.129. The highest BCUT2D eigenvalue weighted by molar-refractivity contribution is 5.83. The van der Waals surface area contributed by atoms with Crippen molar-refractivity contribution in [3.05, 3.63) is 11.8 Å². The number of fused-ring (bicyclic) bond motifs is 1. The van der Waals surface area contributed by atoms with E-state index in [-0.39, 0.29) is 36.5 Å². The van der Waals surface area contributed by atoms with Gasteiger partial charge < -0.3 is 19.8 Å². The lowest BCUT2D eigenvalue weighted by Crippen LogP contribution is -2.58. The molecule has 0 unspecified atom stereocenters. The Balaban J connectivity index is 1.37. The minimum Gasteiger partial charge on any atom is -0.425 e. The smallest absolute Gasteiger partial charge is 0.246 e. The fourth-order valence-electron chi connectivity index (χ4n) is 3.78. The molecule has 0 bridgehead atoms. The van der Waals surface area contributed by atoms with Crippen LogP contribution in [0.3, 0.4) is 0 Å². The number of nitrogens with zero attached hydrogens (tertiary/aromatic N) is 3. The highest BCUT2D eigenvalue weighted by atomic mass is 16.5. The van der Waals surface area contributed by atoms with Gasteiger partial charge in [0.1, 0.15) is 6.61 Å². The number of amides is 2. The Bertz CT molecular complexity index is 674. The first-order chi connectivity index (χ1) is 12.6. The summed E-state index contributed by atoms with van der Waals surface area (Å²) in [5.74, 6) is 1.67. The van der Waals surface area contributed by atoms with Crippen LogP contribution in [-0.2, 0) is 20.7 Å². The Morgan fingerprint density at radius 2 is 2.27 bits per heavy atom. The van der Waals surface area contributed by atoms with Crippen LogP contribution in [0.25, 0.3) is 0 Å². The van der Waals surface area contributed by atoms with E-state index in [0.717, 1.165) is 18.7 Å². The average Bonchev–Trinajstić information content (AvgIpc) is 3.22. The van der Waals surface area contributed by atoms with Crippen LogP contribution in [0.2, 0.25) is 0 Å². The minimum atomic E-state index is -0.225. The normalized spacial score (nSPS) is 28.7. The molecule has 3 aliphatic rings. The van der Waals surface area contributed by atoms with E-state index in [9.17, 15) is 9.59 Å². The standard InChI is InChI=1S/C17H25N5O4/c1-2-25-9-14(23)19-11-5-13-16(24)18-7-12(22(13)8-11)6-15-20-21-17(26-15)10-3-4-10/h10-13H,2-9H2,1H3,(H,18,24)(H,19,23)/t11-,12+,13-/m0/s1. The maximum Gasteiger partial charge on any atom is 0.246 e. The van der Waals surface area contributed by atoms with E-state index in [2.05, 4.69) is 25.7 Å². The van der Waals surface area contributed by atoms with E-state index in [1.807, 2.05) is 6.92 Å². The molecule has 9 heteroatoms. The average molecular weight is 363 g/mol. The number of carbonyl (C=O) groups is 2. The summed E-state index contributed by atoms with van der Waals surface area (Å²) in [5, 5.41) is 14.2. The molecule has 0 radical (unpaired) electrons. The van der Waals surface area contributed by atoms with Gasteiger partial charge in [0.05, 0.1) is 6.04 Å². The number of ether oxygens (including phenoxy) is 1. The van der Waals surface area contributed by atoms with Crippen molar-refractivity contribution in [2.24, 2.45) is 0 Å². The second kappa shape index (κ2) is 7.32. The van der Waals surface area contributed by atoms with Crippen LogP contribution >= 0.6 is 0 Å². The summed E-state index contributed by atoms with van der Waals surface area (Å²) in [5.41, 5.74) is 0. The van der Waals surface area contributed by atoms with Gasteiger partial charge >= 0.3 is 0 Å². The molecule has 3 heterocycles. The highest BCUT2D eigenvalue weighted by Crippen LogP contribution is 2.39. The minimum absolute atomic E-state index is 0.0204. The summed E-state index contributed by atoms with van der Waals surface area (Å²) in [6, 6.07) is -0.181. The van der Waals surface area contributed by atoms with Crippen LogP contribution < -0.4 is 10.6 Å². The van der Waals surface area contributed by atoms with Gasteiger partial charge in [-0.05, 0) is 26.2 Å². The van der Waals surface area contributed by atoms with Gasteiger partial charge in [-0.25, -0.2) is 0 Å². The van der Waals surface area contributed by atoms with Crippen molar-refractivity contribution in [3.8, 4) is 0 Å². The second-order valence-corrected chi connectivity index (χ2v) is 7.26. The third-order valence-corrected chi connectivity index (χ3v) is 5.24. The van der Waals surface area contributed by atoms with Crippen molar-refractivity contribution >= 4 is 11.8 Å². The Hall–Kier alpha value is -2.00. The zero-order chi connectivity index (χ0) is 18.1. The monoisotopic (exact) mass is 363 g/mol. The van der Waals surface area contributed by atoms with E-state index in [0.29, 0.717) is 44.3 Å². The maximum absolute atomic E-state index is 12.2. The van der Waals surface area contributed by atoms with Crippen LogP contribution in [0.5, 0.6) is 0 Å². The molecule has 9 nitrogen and oxygen atoms in total. The number of hydrogen-bond donors (Lipinski definition) is 2. The number of carbonyl (C=O) groups excluding carboxylic acids is 2. The fourth-order valence-corrected chi connectivity index (χ4v) is 3.78. The second-order valence-electron chi connectivity index (χ2n) is 7.26. The van der Waals surface area contributed by atoms with Crippen LogP contribution in [0.15, 0.2) is 4.42 Å². The quantitative estimate of drug-likeness (QED) is 0.677. The van der Waals surface area contributed by atoms with Crippen molar-refractivity contribution < 1.29 is 18.7 Å². The third kappa shape index (κ3) is 3.73. The third-order valence-electron chi connectivity index (χ3n) is 5.24. The molecule has 3 fully saturated rings. The molecule has 2 N–H and O–H groups in total. The summed E-state index contributed by atoms with van der Waals surface area (Å²) < 4.78 is 10.9. The lowest BCUT2D eigenvalue weighted by atomic mass is 10.1. The first kappa shape index (κ1) is 17.4. The van der Waals surface area contributed by atoms with Crippen molar-refractivity contribution in [2.45, 2.75) is 56.7 Å². The van der Waals surface area contributed by atoms with E-state index in [1.165, 1.54) is 0 Å². The van der Waals surface area contributed by atoms with Crippen LogP contribution in [0.4, 0.5) is 0 Å². The number of piperazine rings is 1. The number of aromatic nitrogens is 2. The molecule has 26 heavy (non-hydrogen) atoms. The SMILES string of the molecule is CCOCC(=O)N[C@H]1C[C@H]2C(=O)NC[C@@H](Cc3nnc(C4CC4)o3)N2C1. The molecule has 2 saturated heterocycles. The van der Waals surface area contributed by atoms with Crippen molar-refractivity contribution in [1.29, 1.82) is 0 Å². The van der Waals surface area contributed by atoms with Crippen molar-refractivity contribution in [1.82, 2.24) is 25.7 Å². The summed E-state index contributed by atoms with van der Waals surface area (Å²) in [6.07, 6.45) is 3.46. The topological polar surface area (TPSA) is 110 Å². The van der Waals surface area contributed by atoms with Gasteiger partial charge in [0.15, 0.2) is 0 Å². The van der Waals surface area contributed by atoms with Crippen molar-refractivity contribution in [3.63, 3.8) is 0 Å². The van der Waals surface area contributed by atoms with Gasteiger partial charge in [0, 0.05) is 44.1 Å². The van der Waals surface area contributed by atoms with Gasteiger partial charge in [-0.15, -0.1) is 10.2 Å². The van der Waals surface area contributed by atoms with Crippen LogP contribution in [0, 0.1) is 0 Å². The number of hydrogen-bond acceptors (Lipinski definition) is 7. The Morgan fingerprint density at radius 3 is 3.04 bits per heavy atom. The number of rotatable bonds is 7. The molecule has 2 amide bonds. The maximum atomic E-state index is 12.2. The molecular weight excluding hydrogens is 338 g/mol. The molecule has 3 atom stereocenters.